The Balaban J connectivity index is 1.99. The molecule has 5 rings (SSSR count). The van der Waals surface area contributed by atoms with Crippen molar-refractivity contribution in [2.24, 2.45) is 0 Å². The molecule has 0 bridgehead atoms. The Morgan fingerprint density at radius 1 is 0.739 bits per heavy atom. The monoisotopic (exact) mass is 297 g/mol. The van der Waals surface area contributed by atoms with Gasteiger partial charge in [0, 0.05) is 23.2 Å². The Kier molecular flexibility index (Phi) is 2.46. The first-order valence-corrected chi connectivity index (χ1v) is 7.38. The van der Waals surface area contributed by atoms with E-state index in [0.29, 0.717) is 11.6 Å². The highest BCUT2D eigenvalue weighted by atomic mass is 16.3. The van der Waals surface area contributed by atoms with Gasteiger partial charge >= 0.3 is 0 Å². The van der Waals surface area contributed by atoms with Crippen LogP contribution in [-0.2, 0) is 0 Å². The zero-order valence-electron chi connectivity index (χ0n) is 12.1. The molecule has 4 heteroatoms. The molecular formula is C19H11N3O. The molecule has 0 fully saturated rings. The van der Waals surface area contributed by atoms with Gasteiger partial charge in [-0.1, -0.05) is 48.5 Å². The van der Waals surface area contributed by atoms with Gasteiger partial charge in [0.25, 0.3) is 0 Å². The SMILES string of the molecule is c1ccc2c(c1)c1ccccc1c1oc(-c3cnccn3)nc21. The maximum Gasteiger partial charge on any atom is 0.247 e. The normalized spacial score (nSPS) is 11.5. The van der Waals surface area contributed by atoms with Crippen molar-refractivity contribution >= 4 is 32.6 Å². The summed E-state index contributed by atoms with van der Waals surface area (Å²) in [6.07, 6.45) is 4.94. The summed E-state index contributed by atoms with van der Waals surface area (Å²) in [6, 6.07) is 16.5. The molecule has 0 atom stereocenters. The first-order chi connectivity index (χ1) is 11.4. The van der Waals surface area contributed by atoms with E-state index in [-0.39, 0.29) is 0 Å². The molecule has 2 aromatic heterocycles. The molecule has 3 aromatic carbocycles. The van der Waals surface area contributed by atoms with Crippen LogP contribution in [0.4, 0.5) is 0 Å². The maximum atomic E-state index is 6.06. The van der Waals surface area contributed by atoms with Crippen molar-refractivity contribution in [1.29, 1.82) is 0 Å². The van der Waals surface area contributed by atoms with Crippen molar-refractivity contribution in [2.45, 2.75) is 0 Å². The zero-order valence-corrected chi connectivity index (χ0v) is 12.1. The van der Waals surface area contributed by atoms with Gasteiger partial charge in [-0.2, -0.15) is 0 Å². The third kappa shape index (κ3) is 1.75. The number of aromatic nitrogens is 3. The van der Waals surface area contributed by atoms with Crippen LogP contribution in [0.5, 0.6) is 0 Å². The van der Waals surface area contributed by atoms with E-state index < -0.39 is 0 Å². The maximum absolute atomic E-state index is 6.06. The lowest BCUT2D eigenvalue weighted by Gasteiger charge is -2.04. The van der Waals surface area contributed by atoms with E-state index in [4.69, 9.17) is 9.40 Å². The van der Waals surface area contributed by atoms with Crippen LogP contribution in [-0.4, -0.2) is 15.0 Å². The second-order valence-electron chi connectivity index (χ2n) is 5.38. The van der Waals surface area contributed by atoms with Crippen molar-refractivity contribution < 1.29 is 4.42 Å². The molecule has 0 aliphatic carbocycles. The Hall–Kier alpha value is -3.27. The standard InChI is InChI=1S/C19H11N3O/c1-3-7-14-12(5-1)13-6-2-4-8-15(13)18-17(14)22-19(23-18)16-11-20-9-10-21-16/h1-11H. The van der Waals surface area contributed by atoms with Crippen molar-refractivity contribution in [3.05, 3.63) is 67.1 Å². The summed E-state index contributed by atoms with van der Waals surface area (Å²) in [7, 11) is 0. The van der Waals surface area contributed by atoms with E-state index in [0.717, 1.165) is 27.3 Å². The summed E-state index contributed by atoms with van der Waals surface area (Å²) in [5.74, 6) is 0.495. The second kappa shape index (κ2) is 4.61. The molecule has 0 saturated carbocycles. The van der Waals surface area contributed by atoms with Crippen LogP contribution >= 0.6 is 0 Å². The third-order valence-corrected chi connectivity index (χ3v) is 4.05. The molecule has 0 N–H and O–H groups in total. The number of nitrogens with zero attached hydrogens (tertiary/aromatic N) is 3. The average molecular weight is 297 g/mol. The highest BCUT2D eigenvalue weighted by Gasteiger charge is 2.16. The van der Waals surface area contributed by atoms with Gasteiger partial charge in [0.2, 0.25) is 5.89 Å². The van der Waals surface area contributed by atoms with Gasteiger partial charge in [-0.25, -0.2) is 9.97 Å². The van der Waals surface area contributed by atoms with Crippen LogP contribution in [0.3, 0.4) is 0 Å². The summed E-state index contributed by atoms with van der Waals surface area (Å²) >= 11 is 0. The van der Waals surface area contributed by atoms with E-state index in [2.05, 4.69) is 34.2 Å². The van der Waals surface area contributed by atoms with Gasteiger partial charge in [-0.3, -0.25) is 4.98 Å². The molecule has 0 spiro atoms. The molecule has 0 unspecified atom stereocenters. The fourth-order valence-electron chi connectivity index (χ4n) is 3.04. The number of oxazole rings is 1. The van der Waals surface area contributed by atoms with Gasteiger partial charge in [0.05, 0.1) is 6.20 Å². The highest BCUT2D eigenvalue weighted by Crippen LogP contribution is 2.36. The molecule has 0 amide bonds. The summed E-state index contributed by atoms with van der Waals surface area (Å²) in [4.78, 5) is 13.1. The van der Waals surface area contributed by atoms with Gasteiger partial charge in [0.15, 0.2) is 5.58 Å². The molecule has 23 heavy (non-hydrogen) atoms. The Morgan fingerprint density at radius 2 is 1.43 bits per heavy atom. The highest BCUT2D eigenvalue weighted by molar-refractivity contribution is 6.22. The van der Waals surface area contributed by atoms with E-state index in [1.54, 1.807) is 18.6 Å². The van der Waals surface area contributed by atoms with Crippen LogP contribution < -0.4 is 0 Å². The predicted molar refractivity (Wildman–Crippen MR) is 90.0 cm³/mol. The van der Waals surface area contributed by atoms with Gasteiger partial charge in [-0.15, -0.1) is 0 Å². The van der Waals surface area contributed by atoms with Crippen LogP contribution in [0.2, 0.25) is 0 Å². The lowest BCUT2D eigenvalue weighted by atomic mass is 10.0. The van der Waals surface area contributed by atoms with Crippen molar-refractivity contribution in [1.82, 2.24) is 15.0 Å². The molecule has 0 aliphatic rings. The average Bonchev–Trinajstić information content (AvgIpc) is 3.09. The molecule has 0 radical (unpaired) electrons. The summed E-state index contributed by atoms with van der Waals surface area (Å²) < 4.78 is 6.06. The predicted octanol–water partition coefficient (Wildman–Crippen LogP) is 4.59. The third-order valence-electron chi connectivity index (χ3n) is 4.05. The van der Waals surface area contributed by atoms with Gasteiger partial charge < -0.3 is 4.42 Å². The molecule has 5 aromatic rings. The smallest absolute Gasteiger partial charge is 0.247 e. The van der Waals surface area contributed by atoms with Gasteiger partial charge in [0.1, 0.15) is 11.2 Å². The van der Waals surface area contributed by atoms with Crippen molar-refractivity contribution in [3.8, 4) is 11.6 Å². The van der Waals surface area contributed by atoms with E-state index in [9.17, 15) is 0 Å². The second-order valence-corrected chi connectivity index (χ2v) is 5.38. The zero-order chi connectivity index (χ0) is 15.2. The minimum atomic E-state index is 0.495. The molecular weight excluding hydrogens is 286 g/mol. The van der Waals surface area contributed by atoms with Crippen molar-refractivity contribution in [3.63, 3.8) is 0 Å². The minimum absolute atomic E-state index is 0.495. The topological polar surface area (TPSA) is 51.8 Å². The van der Waals surface area contributed by atoms with E-state index >= 15 is 0 Å². The number of benzene rings is 3. The summed E-state index contributed by atoms with van der Waals surface area (Å²) in [5, 5.41) is 4.48. The lowest BCUT2D eigenvalue weighted by Crippen LogP contribution is -1.83. The Morgan fingerprint density at radius 3 is 2.17 bits per heavy atom. The van der Waals surface area contributed by atoms with Crippen LogP contribution in [0, 0.1) is 0 Å². The minimum Gasteiger partial charge on any atom is -0.434 e. The quantitative estimate of drug-likeness (QED) is 0.425. The van der Waals surface area contributed by atoms with E-state index in [1.807, 2.05) is 24.3 Å². The summed E-state index contributed by atoms with van der Waals surface area (Å²) in [5.41, 5.74) is 2.29. The Bertz CT molecular complexity index is 1090. The van der Waals surface area contributed by atoms with Crippen LogP contribution in [0.1, 0.15) is 0 Å². The fourth-order valence-corrected chi connectivity index (χ4v) is 3.04. The van der Waals surface area contributed by atoms with Crippen molar-refractivity contribution in [2.75, 3.05) is 0 Å². The summed E-state index contributed by atoms with van der Waals surface area (Å²) in [6.45, 7) is 0. The molecule has 0 aliphatic heterocycles. The number of hydrogen-bond acceptors (Lipinski definition) is 4. The van der Waals surface area contributed by atoms with Crippen LogP contribution in [0.25, 0.3) is 44.2 Å². The van der Waals surface area contributed by atoms with Gasteiger partial charge in [-0.05, 0) is 10.8 Å². The number of rotatable bonds is 1. The molecule has 0 saturated heterocycles. The fraction of sp³-hybridized carbons (Fsp3) is 0. The lowest BCUT2D eigenvalue weighted by molar-refractivity contribution is 0.619. The largest absolute Gasteiger partial charge is 0.434 e. The molecule has 2 heterocycles. The first kappa shape index (κ1) is 12.3. The van der Waals surface area contributed by atoms with E-state index in [1.165, 1.54) is 5.39 Å². The first-order valence-electron chi connectivity index (χ1n) is 7.38. The Labute approximate surface area is 131 Å². The number of hydrogen-bond donors (Lipinski definition) is 0. The number of fused-ring (bicyclic) bond motifs is 6. The molecule has 4 nitrogen and oxygen atoms in total. The van der Waals surface area contributed by atoms with Crippen LogP contribution in [0.15, 0.2) is 71.5 Å². The molecule has 108 valence electrons.